The minimum absolute atomic E-state index is 0.0945. The zero-order chi connectivity index (χ0) is 23.2. The standard InChI is InChI=1S/C27H25FN2O3/c1-17(19-8-10-20(11-9-19)26(32)33)29-25(31)22-6-3-7-23-24(22)30(16-27(23)12-13-27)15-18-4-2-5-21(28)14-18/h2-11,14,17H,12-13,15-16H2,1H3,(H,29,31)(H,32,33). The maximum absolute atomic E-state index is 13.8. The molecule has 1 atom stereocenters. The number of nitrogens with zero attached hydrogens (tertiary/aromatic N) is 1. The Balaban J connectivity index is 1.41. The molecule has 6 heteroatoms. The van der Waals surface area contributed by atoms with Gasteiger partial charge >= 0.3 is 5.97 Å². The number of aromatic carboxylic acids is 1. The summed E-state index contributed by atoms with van der Waals surface area (Å²) in [4.78, 5) is 26.7. The first-order valence-electron chi connectivity index (χ1n) is 11.1. The third-order valence-electron chi connectivity index (χ3n) is 6.78. The van der Waals surface area contributed by atoms with E-state index in [0.29, 0.717) is 12.1 Å². The Kier molecular flexibility index (Phi) is 5.16. The van der Waals surface area contributed by atoms with Crippen molar-refractivity contribution in [1.82, 2.24) is 5.32 Å². The number of hydrogen-bond donors (Lipinski definition) is 2. The van der Waals surface area contributed by atoms with Gasteiger partial charge < -0.3 is 15.3 Å². The van der Waals surface area contributed by atoms with Crippen LogP contribution in [0.2, 0.25) is 0 Å². The Morgan fingerprint density at radius 3 is 2.48 bits per heavy atom. The van der Waals surface area contributed by atoms with Gasteiger partial charge in [-0.15, -0.1) is 0 Å². The SMILES string of the molecule is CC(NC(=O)c1cccc2c1N(Cc1cccc(F)c1)CC21CC1)c1ccc(C(=O)O)cc1. The molecule has 1 fully saturated rings. The van der Waals surface area contributed by atoms with Gasteiger partial charge in [0.2, 0.25) is 0 Å². The molecule has 3 aromatic carbocycles. The number of carboxylic acid groups (broad SMARTS) is 1. The van der Waals surface area contributed by atoms with Crippen molar-refractivity contribution in [3.05, 3.63) is 100 Å². The fourth-order valence-electron chi connectivity index (χ4n) is 4.87. The molecular formula is C27H25FN2O3. The normalized spacial score (nSPS) is 16.4. The highest BCUT2D eigenvalue weighted by Crippen LogP contribution is 2.57. The van der Waals surface area contributed by atoms with Gasteiger partial charge in [0, 0.05) is 18.5 Å². The number of halogens is 1. The van der Waals surface area contributed by atoms with Gasteiger partial charge in [0.1, 0.15) is 5.82 Å². The van der Waals surface area contributed by atoms with E-state index in [1.54, 1.807) is 24.3 Å². The van der Waals surface area contributed by atoms with E-state index in [0.717, 1.165) is 36.2 Å². The number of fused-ring (bicyclic) bond motifs is 2. The number of hydrogen-bond acceptors (Lipinski definition) is 3. The zero-order valence-corrected chi connectivity index (χ0v) is 18.3. The van der Waals surface area contributed by atoms with Crippen LogP contribution in [0.15, 0.2) is 66.7 Å². The monoisotopic (exact) mass is 444 g/mol. The molecular weight excluding hydrogens is 419 g/mol. The van der Waals surface area contributed by atoms with Crippen LogP contribution in [0.5, 0.6) is 0 Å². The zero-order valence-electron chi connectivity index (χ0n) is 18.3. The van der Waals surface area contributed by atoms with E-state index in [-0.39, 0.29) is 28.7 Å². The molecule has 5 rings (SSSR count). The number of rotatable bonds is 6. The molecule has 33 heavy (non-hydrogen) atoms. The second-order valence-electron chi connectivity index (χ2n) is 9.09. The van der Waals surface area contributed by atoms with Crippen LogP contribution in [0.1, 0.15) is 63.2 Å². The second-order valence-corrected chi connectivity index (χ2v) is 9.09. The Morgan fingerprint density at radius 1 is 1.09 bits per heavy atom. The summed E-state index contributed by atoms with van der Waals surface area (Å²) in [6.07, 6.45) is 2.19. The Bertz CT molecular complexity index is 1230. The van der Waals surface area contributed by atoms with Crippen LogP contribution in [0.3, 0.4) is 0 Å². The lowest BCUT2D eigenvalue weighted by Crippen LogP contribution is -2.29. The lowest BCUT2D eigenvalue weighted by molar-refractivity contribution is 0.0696. The summed E-state index contributed by atoms with van der Waals surface area (Å²) in [7, 11) is 0. The van der Waals surface area contributed by atoms with Crippen LogP contribution >= 0.6 is 0 Å². The number of benzene rings is 3. The summed E-state index contributed by atoms with van der Waals surface area (Å²) in [5.41, 5.74) is 4.76. The predicted octanol–water partition coefficient (Wildman–Crippen LogP) is 5.07. The molecule has 0 saturated heterocycles. The molecule has 168 valence electrons. The summed E-state index contributed by atoms with van der Waals surface area (Å²) in [5, 5.41) is 12.2. The third kappa shape index (κ3) is 3.97. The summed E-state index contributed by atoms with van der Waals surface area (Å²) in [6.45, 7) is 3.25. The Morgan fingerprint density at radius 2 is 1.82 bits per heavy atom. The molecule has 3 aromatic rings. The molecule has 0 radical (unpaired) electrons. The number of nitrogens with one attached hydrogen (secondary N) is 1. The highest BCUT2D eigenvalue weighted by Gasteiger charge is 2.52. The van der Waals surface area contributed by atoms with Crippen molar-refractivity contribution >= 4 is 17.6 Å². The molecule has 5 nitrogen and oxygen atoms in total. The van der Waals surface area contributed by atoms with E-state index in [1.165, 1.54) is 23.8 Å². The molecule has 1 aliphatic carbocycles. The number of amides is 1. The van der Waals surface area contributed by atoms with Gasteiger partial charge in [-0.1, -0.05) is 36.4 Å². The number of carbonyl (C=O) groups is 2. The third-order valence-corrected chi connectivity index (χ3v) is 6.78. The van der Waals surface area contributed by atoms with E-state index < -0.39 is 5.97 Å². The molecule has 0 aromatic heterocycles. The molecule has 0 bridgehead atoms. The Hall–Kier alpha value is -3.67. The number of carboxylic acids is 1. The Labute approximate surface area is 191 Å². The summed E-state index contributed by atoms with van der Waals surface area (Å²) in [5.74, 6) is -1.42. The average Bonchev–Trinajstić information content (AvgIpc) is 3.51. The highest BCUT2D eigenvalue weighted by molar-refractivity contribution is 6.01. The fraction of sp³-hybridized carbons (Fsp3) is 0.259. The first-order chi connectivity index (χ1) is 15.9. The van der Waals surface area contributed by atoms with Gasteiger partial charge in [0.25, 0.3) is 5.91 Å². The van der Waals surface area contributed by atoms with Crippen molar-refractivity contribution in [3.63, 3.8) is 0 Å². The van der Waals surface area contributed by atoms with Gasteiger partial charge in [0.15, 0.2) is 0 Å². The first kappa shape index (κ1) is 21.2. The maximum atomic E-state index is 13.8. The van der Waals surface area contributed by atoms with Gasteiger partial charge in [-0.05, 0) is 66.8 Å². The molecule has 1 heterocycles. The largest absolute Gasteiger partial charge is 0.478 e. The number of anilines is 1. The van der Waals surface area contributed by atoms with Crippen LogP contribution in [0, 0.1) is 5.82 Å². The minimum Gasteiger partial charge on any atom is -0.478 e. The smallest absolute Gasteiger partial charge is 0.335 e. The minimum atomic E-state index is -0.981. The highest BCUT2D eigenvalue weighted by atomic mass is 19.1. The van der Waals surface area contributed by atoms with E-state index in [4.69, 9.17) is 5.11 Å². The van der Waals surface area contributed by atoms with Crippen molar-refractivity contribution in [2.24, 2.45) is 0 Å². The van der Waals surface area contributed by atoms with Crippen molar-refractivity contribution in [2.45, 2.75) is 37.8 Å². The van der Waals surface area contributed by atoms with E-state index in [9.17, 15) is 14.0 Å². The van der Waals surface area contributed by atoms with Crippen LogP contribution in [-0.4, -0.2) is 23.5 Å². The van der Waals surface area contributed by atoms with Gasteiger partial charge in [-0.25, -0.2) is 9.18 Å². The van der Waals surface area contributed by atoms with Gasteiger partial charge in [-0.3, -0.25) is 4.79 Å². The second kappa shape index (κ2) is 8.03. The van der Waals surface area contributed by atoms with Crippen molar-refractivity contribution < 1.29 is 19.1 Å². The van der Waals surface area contributed by atoms with Gasteiger partial charge in [0.05, 0.1) is 22.9 Å². The van der Waals surface area contributed by atoms with E-state index in [2.05, 4.69) is 16.3 Å². The fourth-order valence-corrected chi connectivity index (χ4v) is 4.87. The molecule has 1 unspecified atom stereocenters. The van der Waals surface area contributed by atoms with Crippen LogP contribution < -0.4 is 10.2 Å². The molecule has 1 spiro atoms. The van der Waals surface area contributed by atoms with Crippen LogP contribution in [0.25, 0.3) is 0 Å². The first-order valence-corrected chi connectivity index (χ1v) is 11.1. The number of carbonyl (C=O) groups excluding carboxylic acids is 1. The molecule has 1 saturated carbocycles. The predicted molar refractivity (Wildman–Crippen MR) is 124 cm³/mol. The molecule has 2 aliphatic rings. The summed E-state index contributed by atoms with van der Waals surface area (Å²) < 4.78 is 13.8. The molecule has 1 amide bonds. The lowest BCUT2D eigenvalue weighted by Gasteiger charge is -2.23. The van der Waals surface area contributed by atoms with E-state index >= 15 is 0 Å². The van der Waals surface area contributed by atoms with Crippen LogP contribution in [-0.2, 0) is 12.0 Å². The van der Waals surface area contributed by atoms with Crippen molar-refractivity contribution in [1.29, 1.82) is 0 Å². The molecule has 2 N–H and O–H groups in total. The maximum Gasteiger partial charge on any atom is 0.335 e. The quantitative estimate of drug-likeness (QED) is 0.557. The van der Waals surface area contributed by atoms with Crippen molar-refractivity contribution in [3.8, 4) is 0 Å². The molecule has 1 aliphatic heterocycles. The van der Waals surface area contributed by atoms with E-state index in [1.807, 2.05) is 25.1 Å². The topological polar surface area (TPSA) is 69.6 Å². The van der Waals surface area contributed by atoms with Gasteiger partial charge in [-0.2, -0.15) is 0 Å². The lowest BCUT2D eigenvalue weighted by atomic mass is 9.96. The number of para-hydroxylation sites is 1. The summed E-state index contributed by atoms with van der Waals surface area (Å²) in [6, 6.07) is 18.7. The summed E-state index contributed by atoms with van der Waals surface area (Å²) >= 11 is 0. The average molecular weight is 445 g/mol. The van der Waals surface area contributed by atoms with Crippen LogP contribution in [0.4, 0.5) is 10.1 Å². The van der Waals surface area contributed by atoms with Crippen molar-refractivity contribution in [2.75, 3.05) is 11.4 Å².